The number of aromatic nitrogens is 3. The van der Waals surface area contributed by atoms with Gasteiger partial charge in [0.15, 0.2) is 0 Å². The number of carbonyl (C=O) groups excluding carboxylic acids is 1. The Bertz CT molecular complexity index is 943. The van der Waals surface area contributed by atoms with E-state index in [0.29, 0.717) is 18.3 Å². The van der Waals surface area contributed by atoms with Crippen LogP contribution in [0.4, 0.5) is 5.82 Å². The average Bonchev–Trinajstić information content (AvgIpc) is 3.31. The van der Waals surface area contributed by atoms with Gasteiger partial charge in [-0.1, -0.05) is 19.8 Å². The maximum atomic E-state index is 12.6. The first-order valence-corrected chi connectivity index (χ1v) is 11.4. The zero-order valence-corrected chi connectivity index (χ0v) is 18.4. The van der Waals surface area contributed by atoms with Crippen molar-refractivity contribution in [1.29, 1.82) is 0 Å². The van der Waals surface area contributed by atoms with Gasteiger partial charge in [0.05, 0.1) is 6.04 Å². The number of nitrogens with zero attached hydrogens (tertiary/aromatic N) is 4. The van der Waals surface area contributed by atoms with E-state index in [1.165, 1.54) is 18.9 Å². The molecule has 1 amide bonds. The van der Waals surface area contributed by atoms with Crippen molar-refractivity contribution in [3.05, 3.63) is 40.4 Å². The van der Waals surface area contributed by atoms with Crippen LogP contribution >= 0.6 is 0 Å². The number of rotatable bonds is 6. The van der Waals surface area contributed by atoms with Crippen LogP contribution in [-0.4, -0.2) is 64.0 Å². The van der Waals surface area contributed by atoms with Crippen molar-refractivity contribution in [2.75, 3.05) is 31.1 Å². The lowest BCUT2D eigenvalue weighted by Crippen LogP contribution is -2.55. The van der Waals surface area contributed by atoms with Gasteiger partial charge in [-0.05, 0) is 38.3 Å². The summed E-state index contributed by atoms with van der Waals surface area (Å²) in [4.78, 5) is 40.8. The number of H-pyrrole nitrogens is 1. The van der Waals surface area contributed by atoms with Crippen LogP contribution in [0.25, 0.3) is 11.4 Å². The van der Waals surface area contributed by atoms with E-state index < -0.39 is 0 Å². The first-order valence-electron chi connectivity index (χ1n) is 11.4. The molecule has 8 nitrogen and oxygen atoms in total. The third-order valence-corrected chi connectivity index (χ3v) is 6.45. The van der Waals surface area contributed by atoms with Gasteiger partial charge in [-0.25, -0.2) is 9.97 Å². The summed E-state index contributed by atoms with van der Waals surface area (Å²) in [6, 6.07) is 5.71. The lowest BCUT2D eigenvalue weighted by molar-refractivity contribution is -0.126. The third kappa shape index (κ3) is 5.12. The lowest BCUT2D eigenvalue weighted by Gasteiger charge is -2.38. The molecule has 0 aromatic carbocycles. The second-order valence-electron chi connectivity index (χ2n) is 8.53. The van der Waals surface area contributed by atoms with Crippen LogP contribution in [0.5, 0.6) is 0 Å². The SMILES string of the molecule is CCc1cc(=O)[nH]c(-c2ccc(N3CCN(C(C)C(=O)NC4CCCC4)CC3)nc2)n1. The Morgan fingerprint density at radius 1 is 1.23 bits per heavy atom. The standard InChI is InChI=1S/C23H32N6O2/c1-3-18-14-21(30)27-22(25-18)17-8-9-20(24-15-17)29-12-10-28(11-13-29)16(2)23(31)26-19-6-4-5-7-19/h8-9,14-16,19H,3-7,10-13H2,1-2H3,(H,26,31)(H,25,27,30). The number of pyridine rings is 1. The molecule has 8 heteroatoms. The van der Waals surface area contributed by atoms with Crippen LogP contribution in [0, 0.1) is 0 Å². The third-order valence-electron chi connectivity index (χ3n) is 6.45. The zero-order chi connectivity index (χ0) is 21.8. The van der Waals surface area contributed by atoms with E-state index in [0.717, 1.165) is 56.1 Å². The van der Waals surface area contributed by atoms with Crippen LogP contribution in [0.3, 0.4) is 0 Å². The zero-order valence-electron chi connectivity index (χ0n) is 18.4. The molecule has 0 radical (unpaired) electrons. The first-order chi connectivity index (χ1) is 15.0. The minimum Gasteiger partial charge on any atom is -0.354 e. The Morgan fingerprint density at radius 2 is 1.97 bits per heavy atom. The van der Waals surface area contributed by atoms with Crippen LogP contribution < -0.4 is 15.8 Å². The molecule has 1 aliphatic heterocycles. The molecule has 3 heterocycles. The van der Waals surface area contributed by atoms with Gasteiger partial charge in [0.25, 0.3) is 5.56 Å². The molecule has 2 N–H and O–H groups in total. The molecule has 0 spiro atoms. The van der Waals surface area contributed by atoms with E-state index in [1.54, 1.807) is 6.20 Å². The number of hydrogen-bond acceptors (Lipinski definition) is 6. The molecule has 2 aliphatic rings. The molecule has 0 bridgehead atoms. The van der Waals surface area contributed by atoms with Crippen LogP contribution in [0.15, 0.2) is 29.2 Å². The fourth-order valence-electron chi connectivity index (χ4n) is 4.44. The molecule has 2 aromatic heterocycles. The van der Waals surface area contributed by atoms with E-state index in [-0.39, 0.29) is 17.5 Å². The minimum atomic E-state index is -0.145. The Morgan fingerprint density at radius 3 is 2.61 bits per heavy atom. The van der Waals surface area contributed by atoms with Gasteiger partial charge >= 0.3 is 0 Å². The summed E-state index contributed by atoms with van der Waals surface area (Å²) in [5.74, 6) is 1.61. The fourth-order valence-corrected chi connectivity index (χ4v) is 4.44. The summed E-state index contributed by atoms with van der Waals surface area (Å²) in [6.45, 7) is 7.30. The van der Waals surface area contributed by atoms with Crippen molar-refractivity contribution in [2.45, 2.75) is 58.0 Å². The maximum absolute atomic E-state index is 12.6. The normalized spacial score (nSPS) is 18.8. The highest BCUT2D eigenvalue weighted by molar-refractivity contribution is 5.81. The van der Waals surface area contributed by atoms with Crippen molar-refractivity contribution in [1.82, 2.24) is 25.2 Å². The van der Waals surface area contributed by atoms with Crippen molar-refractivity contribution in [3.8, 4) is 11.4 Å². The van der Waals surface area contributed by atoms with Gasteiger partial charge in [-0.3, -0.25) is 14.5 Å². The molecule has 31 heavy (non-hydrogen) atoms. The van der Waals surface area contributed by atoms with Gasteiger partial charge in [0, 0.05) is 55.7 Å². The summed E-state index contributed by atoms with van der Waals surface area (Å²) in [7, 11) is 0. The quantitative estimate of drug-likeness (QED) is 0.736. The molecule has 2 fully saturated rings. The molecule has 4 rings (SSSR count). The second-order valence-corrected chi connectivity index (χ2v) is 8.53. The molecule has 166 valence electrons. The molecular weight excluding hydrogens is 392 g/mol. The van der Waals surface area contributed by atoms with Crippen molar-refractivity contribution in [2.24, 2.45) is 0 Å². The van der Waals surface area contributed by atoms with Gasteiger partial charge in [0.1, 0.15) is 11.6 Å². The number of nitrogens with one attached hydrogen (secondary N) is 2. The monoisotopic (exact) mass is 424 g/mol. The summed E-state index contributed by atoms with van der Waals surface area (Å²) in [5.41, 5.74) is 1.42. The van der Waals surface area contributed by atoms with Gasteiger partial charge in [-0.15, -0.1) is 0 Å². The average molecular weight is 425 g/mol. The predicted molar refractivity (Wildman–Crippen MR) is 121 cm³/mol. The first kappa shape index (κ1) is 21.5. The minimum absolute atomic E-state index is 0.105. The van der Waals surface area contributed by atoms with Gasteiger partial charge in [-0.2, -0.15) is 0 Å². The highest BCUT2D eigenvalue weighted by Gasteiger charge is 2.28. The Labute approximate surface area is 183 Å². The van der Waals surface area contributed by atoms with E-state index in [1.807, 2.05) is 26.0 Å². The molecule has 1 atom stereocenters. The van der Waals surface area contributed by atoms with E-state index >= 15 is 0 Å². The molecule has 1 aliphatic carbocycles. The highest BCUT2D eigenvalue weighted by Crippen LogP contribution is 2.20. The lowest BCUT2D eigenvalue weighted by atomic mass is 10.2. The Hall–Kier alpha value is -2.74. The van der Waals surface area contributed by atoms with E-state index in [2.05, 4.69) is 30.1 Å². The van der Waals surface area contributed by atoms with Crippen LogP contribution in [-0.2, 0) is 11.2 Å². The molecule has 2 aromatic rings. The number of hydrogen-bond donors (Lipinski definition) is 2. The predicted octanol–water partition coefficient (Wildman–Crippen LogP) is 1.96. The van der Waals surface area contributed by atoms with Crippen LogP contribution in [0.2, 0.25) is 0 Å². The Kier molecular flexibility index (Phi) is 6.65. The van der Waals surface area contributed by atoms with Gasteiger partial charge in [0.2, 0.25) is 5.91 Å². The summed E-state index contributed by atoms with van der Waals surface area (Å²) in [6.07, 6.45) is 7.14. The van der Waals surface area contributed by atoms with Crippen molar-refractivity contribution >= 4 is 11.7 Å². The largest absolute Gasteiger partial charge is 0.354 e. The number of amides is 1. The van der Waals surface area contributed by atoms with Crippen molar-refractivity contribution in [3.63, 3.8) is 0 Å². The molecular formula is C23H32N6O2. The maximum Gasteiger partial charge on any atom is 0.251 e. The molecule has 1 unspecified atom stereocenters. The molecule has 1 saturated carbocycles. The molecule has 1 saturated heterocycles. The smallest absolute Gasteiger partial charge is 0.251 e. The second kappa shape index (κ2) is 9.60. The number of carbonyl (C=O) groups is 1. The van der Waals surface area contributed by atoms with Crippen molar-refractivity contribution < 1.29 is 4.79 Å². The van der Waals surface area contributed by atoms with E-state index in [9.17, 15) is 9.59 Å². The van der Waals surface area contributed by atoms with Crippen LogP contribution in [0.1, 0.15) is 45.2 Å². The topological polar surface area (TPSA) is 94.2 Å². The Balaban J connectivity index is 1.34. The fraction of sp³-hybridized carbons (Fsp3) is 0.565. The number of piperazine rings is 1. The van der Waals surface area contributed by atoms with E-state index in [4.69, 9.17) is 0 Å². The highest BCUT2D eigenvalue weighted by atomic mass is 16.2. The summed E-state index contributed by atoms with van der Waals surface area (Å²) in [5, 5.41) is 3.21. The number of aromatic amines is 1. The van der Waals surface area contributed by atoms with Gasteiger partial charge < -0.3 is 15.2 Å². The summed E-state index contributed by atoms with van der Waals surface area (Å²) < 4.78 is 0. The number of aryl methyl sites for hydroxylation is 1. The summed E-state index contributed by atoms with van der Waals surface area (Å²) >= 11 is 0. The number of anilines is 1.